The molecule has 0 fully saturated rings. The topological polar surface area (TPSA) is 90.9 Å². The largest absolute Gasteiger partial charge is 0.379 e. The minimum Gasteiger partial charge on any atom is -0.379 e. The lowest BCUT2D eigenvalue weighted by Gasteiger charge is -2.08. The molecule has 0 N–H and O–H groups in total. The number of rotatable bonds is 26. The summed E-state index contributed by atoms with van der Waals surface area (Å²) in [4.78, 5) is 10.1. The molecule has 0 radical (unpaired) electrons. The number of carbonyl (C=O) groups is 1. The lowest BCUT2D eigenvalue weighted by molar-refractivity contribution is -0.108. The first-order valence-corrected chi connectivity index (χ1v) is 11.7. The van der Waals surface area contributed by atoms with Crippen molar-refractivity contribution in [3.63, 3.8) is 0 Å². The van der Waals surface area contributed by atoms with E-state index >= 15 is 0 Å². The molecule has 0 aliphatic carbocycles. The second-order valence-corrected chi connectivity index (χ2v) is 6.03. The average Bonchev–Trinajstić information content (AvgIpc) is 2.80. The van der Waals surface area contributed by atoms with Gasteiger partial charge in [0.25, 0.3) is 0 Å². The van der Waals surface area contributed by atoms with Gasteiger partial charge in [0.05, 0.1) is 106 Å². The summed E-state index contributed by atoms with van der Waals surface area (Å²) >= 11 is 4.05. The first-order chi connectivity index (χ1) is 15.4. The second kappa shape index (κ2) is 34.3. The maximum Gasteiger partial charge on any atom is 0.122 e. The SMILES string of the molecule is CC.O=CCCOCCOCCOCCOCCOCCOCCOCCOCCS. The van der Waals surface area contributed by atoms with Gasteiger partial charge < -0.3 is 42.7 Å². The molecule has 0 aromatic rings. The van der Waals surface area contributed by atoms with Crippen LogP contribution < -0.4 is 0 Å². The van der Waals surface area contributed by atoms with Gasteiger partial charge >= 0.3 is 0 Å². The summed E-state index contributed by atoms with van der Waals surface area (Å²) in [5.74, 6) is 0.722. The van der Waals surface area contributed by atoms with Gasteiger partial charge in [-0.1, -0.05) is 13.8 Å². The van der Waals surface area contributed by atoms with E-state index in [0.29, 0.717) is 112 Å². The number of hydrogen-bond acceptors (Lipinski definition) is 10. The van der Waals surface area contributed by atoms with E-state index in [0.717, 1.165) is 12.0 Å². The van der Waals surface area contributed by atoms with Crippen LogP contribution >= 0.6 is 12.6 Å². The zero-order valence-electron chi connectivity index (χ0n) is 19.4. The summed E-state index contributed by atoms with van der Waals surface area (Å²) in [6, 6.07) is 0. The van der Waals surface area contributed by atoms with Crippen LogP contribution in [0.2, 0.25) is 0 Å². The smallest absolute Gasteiger partial charge is 0.122 e. The monoisotopic (exact) mass is 472 g/mol. The third-order valence-corrected chi connectivity index (χ3v) is 3.40. The van der Waals surface area contributed by atoms with Crippen molar-refractivity contribution in [2.45, 2.75) is 20.3 Å². The second-order valence-electron chi connectivity index (χ2n) is 5.58. The van der Waals surface area contributed by atoms with Crippen molar-refractivity contribution in [3.8, 4) is 0 Å². The Morgan fingerprint density at radius 3 is 0.903 bits per heavy atom. The fourth-order valence-corrected chi connectivity index (χ4v) is 1.97. The molecular formula is C21H44O9S. The van der Waals surface area contributed by atoms with Crippen molar-refractivity contribution in [3.05, 3.63) is 0 Å². The van der Waals surface area contributed by atoms with Gasteiger partial charge in [0.15, 0.2) is 0 Å². The van der Waals surface area contributed by atoms with E-state index in [9.17, 15) is 4.79 Å². The maximum absolute atomic E-state index is 10.1. The molecule has 188 valence electrons. The predicted octanol–water partition coefficient (Wildman–Crippen LogP) is 1.66. The molecule has 0 unspecified atom stereocenters. The standard InChI is InChI=1S/C19H38O9S.C2H6/c20-2-1-3-21-4-5-22-6-7-23-8-9-24-10-11-25-12-13-26-14-15-27-16-17-28-18-19-29;1-2/h2,29H,1,3-19H2;1-2H3. The molecule has 0 rings (SSSR count). The molecule has 0 aromatic heterocycles. The Balaban J connectivity index is 0. The molecule has 31 heavy (non-hydrogen) atoms. The quantitative estimate of drug-likeness (QED) is 0.115. The summed E-state index contributed by atoms with van der Waals surface area (Å²) in [6.07, 6.45) is 1.26. The average molecular weight is 473 g/mol. The van der Waals surface area contributed by atoms with E-state index in [2.05, 4.69) is 12.6 Å². The lowest BCUT2D eigenvalue weighted by Crippen LogP contribution is -2.15. The van der Waals surface area contributed by atoms with Gasteiger partial charge in [-0.05, 0) is 0 Å². The molecule has 0 saturated heterocycles. The van der Waals surface area contributed by atoms with Gasteiger partial charge in [-0.3, -0.25) is 0 Å². The lowest BCUT2D eigenvalue weighted by atomic mass is 10.5. The van der Waals surface area contributed by atoms with Crippen molar-refractivity contribution in [2.24, 2.45) is 0 Å². The van der Waals surface area contributed by atoms with Gasteiger partial charge in [0, 0.05) is 12.2 Å². The highest BCUT2D eigenvalue weighted by atomic mass is 32.1. The van der Waals surface area contributed by atoms with E-state index in [1.54, 1.807) is 0 Å². The van der Waals surface area contributed by atoms with Gasteiger partial charge in [0.1, 0.15) is 6.29 Å². The number of aldehydes is 1. The highest BCUT2D eigenvalue weighted by molar-refractivity contribution is 7.80. The number of hydrogen-bond donors (Lipinski definition) is 1. The summed E-state index contributed by atoms with van der Waals surface area (Å²) in [5, 5.41) is 0. The van der Waals surface area contributed by atoms with Gasteiger partial charge in [-0.15, -0.1) is 0 Å². The molecule has 0 spiro atoms. The van der Waals surface area contributed by atoms with Gasteiger partial charge in [0.2, 0.25) is 0 Å². The Labute approximate surface area is 193 Å². The van der Waals surface area contributed by atoms with E-state index in [4.69, 9.17) is 37.9 Å². The molecule has 0 amide bonds. The molecule has 0 aliphatic heterocycles. The fraction of sp³-hybridized carbons (Fsp3) is 0.952. The number of carbonyl (C=O) groups excluding carboxylic acids is 1. The van der Waals surface area contributed by atoms with Crippen molar-refractivity contribution in [1.82, 2.24) is 0 Å². The fourth-order valence-electron chi connectivity index (χ4n) is 1.84. The zero-order chi connectivity index (χ0) is 23.1. The van der Waals surface area contributed by atoms with Crippen molar-refractivity contribution in [2.75, 3.05) is 111 Å². The molecule has 0 saturated carbocycles. The Bertz CT molecular complexity index is 313. The maximum atomic E-state index is 10.1. The van der Waals surface area contributed by atoms with Crippen LogP contribution in [0.4, 0.5) is 0 Å². The van der Waals surface area contributed by atoms with Crippen LogP contribution in [0, 0.1) is 0 Å². The van der Waals surface area contributed by atoms with Crippen LogP contribution in [0.5, 0.6) is 0 Å². The molecule has 10 heteroatoms. The van der Waals surface area contributed by atoms with Gasteiger partial charge in [-0.2, -0.15) is 12.6 Å². The van der Waals surface area contributed by atoms with E-state index in [1.807, 2.05) is 13.8 Å². The van der Waals surface area contributed by atoms with Crippen LogP contribution in [-0.4, -0.2) is 118 Å². The molecule has 0 aliphatic rings. The highest BCUT2D eigenvalue weighted by Gasteiger charge is 1.95. The molecule has 0 atom stereocenters. The van der Waals surface area contributed by atoms with Crippen LogP contribution in [-0.2, 0) is 42.7 Å². The number of ether oxygens (including phenoxy) is 8. The zero-order valence-corrected chi connectivity index (χ0v) is 20.3. The summed E-state index contributed by atoms with van der Waals surface area (Å²) < 4.78 is 42.6. The van der Waals surface area contributed by atoms with Crippen LogP contribution in [0.1, 0.15) is 20.3 Å². The molecular weight excluding hydrogens is 428 g/mol. The molecule has 9 nitrogen and oxygen atoms in total. The first kappa shape index (κ1) is 32.9. The predicted molar refractivity (Wildman–Crippen MR) is 122 cm³/mol. The summed E-state index contributed by atoms with van der Waals surface area (Å²) in [6.45, 7) is 12.5. The Hall–Kier alpha value is -0.300. The van der Waals surface area contributed by atoms with Crippen molar-refractivity contribution in [1.29, 1.82) is 0 Å². The molecule has 0 aromatic carbocycles. The van der Waals surface area contributed by atoms with Crippen LogP contribution in [0.3, 0.4) is 0 Å². The third kappa shape index (κ3) is 34.5. The van der Waals surface area contributed by atoms with E-state index < -0.39 is 0 Å². The normalized spacial score (nSPS) is 10.7. The minimum atomic E-state index is 0.422. The molecule has 0 bridgehead atoms. The Morgan fingerprint density at radius 1 is 0.452 bits per heavy atom. The van der Waals surface area contributed by atoms with Crippen molar-refractivity contribution >= 4 is 18.9 Å². The summed E-state index contributed by atoms with van der Waals surface area (Å²) in [5.41, 5.74) is 0. The van der Waals surface area contributed by atoms with E-state index in [-0.39, 0.29) is 0 Å². The Morgan fingerprint density at radius 2 is 0.677 bits per heavy atom. The first-order valence-electron chi connectivity index (χ1n) is 11.1. The highest BCUT2D eigenvalue weighted by Crippen LogP contribution is 1.86. The van der Waals surface area contributed by atoms with Crippen LogP contribution in [0.25, 0.3) is 0 Å². The van der Waals surface area contributed by atoms with E-state index in [1.165, 1.54) is 0 Å². The van der Waals surface area contributed by atoms with Crippen molar-refractivity contribution < 1.29 is 42.7 Å². The third-order valence-electron chi connectivity index (χ3n) is 3.22. The minimum absolute atomic E-state index is 0.422. The summed E-state index contributed by atoms with van der Waals surface area (Å²) in [7, 11) is 0. The number of thiol groups is 1. The molecule has 0 heterocycles. The van der Waals surface area contributed by atoms with Crippen LogP contribution in [0.15, 0.2) is 0 Å². The Kier molecular flexibility index (Phi) is 36.4. The van der Waals surface area contributed by atoms with Gasteiger partial charge in [-0.25, -0.2) is 0 Å².